The van der Waals surface area contributed by atoms with Crippen LogP contribution >= 0.6 is 0 Å². The van der Waals surface area contributed by atoms with E-state index in [0.29, 0.717) is 73.9 Å². The fourth-order valence-corrected chi connectivity index (χ4v) is 6.01. The highest BCUT2D eigenvalue weighted by molar-refractivity contribution is 5.63. The minimum absolute atomic E-state index is 0.507. The summed E-state index contributed by atoms with van der Waals surface area (Å²) in [6.45, 7) is 5.75. The molecule has 0 saturated carbocycles. The van der Waals surface area contributed by atoms with Gasteiger partial charge in [0.05, 0.1) is 57.3 Å². The number of anilines is 2. The lowest BCUT2D eigenvalue weighted by atomic mass is 10.2. The molecule has 6 aromatic heterocycles. The number of hydrogen-bond donors (Lipinski definition) is 2. The van der Waals surface area contributed by atoms with E-state index >= 15 is 0 Å². The number of aryl methyl sites for hydroxylation is 3. The standard InChI is InChI=1S/2C15H12N4O.C15H11N3O/c1-10-8-19-9-12(17)6-14(15(19)18-10)20-13-4-2-11(7-16)3-5-13;1-10-8-19-9-12(17)6-14(15(19)18-10)20-13-4-2-3-11(5-13)7-16;1-11-10-18-8-4-7-14(15(18)17-11)19-13-6-3-2-5-12(13)9-16/h2*2-6,8-9H,17H2,1H3;2-8,10H,1H3. The number of nitrogen functional groups attached to an aromatic ring is 2. The third-order valence-corrected chi connectivity index (χ3v) is 8.52. The van der Waals surface area contributed by atoms with Gasteiger partial charge in [-0.3, -0.25) is 0 Å². The van der Waals surface area contributed by atoms with Gasteiger partial charge in [-0.1, -0.05) is 18.2 Å². The Kier molecular flexibility index (Phi) is 11.0. The molecule has 0 amide bonds. The Bertz CT molecular complexity index is 3090. The van der Waals surface area contributed by atoms with E-state index in [-0.39, 0.29) is 0 Å². The zero-order valence-electron chi connectivity index (χ0n) is 32.1. The number of hydrogen-bond acceptors (Lipinski definition) is 11. The summed E-state index contributed by atoms with van der Waals surface area (Å²) < 4.78 is 23.0. The van der Waals surface area contributed by atoms with Crippen LogP contribution in [0.15, 0.2) is 134 Å². The Hall–Kier alpha value is -8.80. The van der Waals surface area contributed by atoms with Crippen LogP contribution in [0.25, 0.3) is 16.9 Å². The first kappa shape index (κ1) is 38.5. The van der Waals surface area contributed by atoms with Crippen molar-refractivity contribution in [1.29, 1.82) is 15.8 Å². The van der Waals surface area contributed by atoms with Crippen LogP contribution in [-0.2, 0) is 0 Å². The molecule has 288 valence electrons. The lowest BCUT2D eigenvalue weighted by Gasteiger charge is -2.08. The van der Waals surface area contributed by atoms with Crippen molar-refractivity contribution in [2.75, 3.05) is 11.5 Å². The number of aromatic nitrogens is 6. The van der Waals surface area contributed by atoms with Gasteiger partial charge in [0.25, 0.3) is 0 Å². The second-order valence-corrected chi connectivity index (χ2v) is 13.2. The molecule has 3 aromatic carbocycles. The zero-order chi connectivity index (χ0) is 41.5. The predicted molar refractivity (Wildman–Crippen MR) is 222 cm³/mol. The van der Waals surface area contributed by atoms with Crippen LogP contribution in [0, 0.1) is 54.8 Å². The maximum Gasteiger partial charge on any atom is 0.180 e. The quantitative estimate of drug-likeness (QED) is 0.163. The van der Waals surface area contributed by atoms with Crippen molar-refractivity contribution in [3.63, 3.8) is 0 Å². The summed E-state index contributed by atoms with van der Waals surface area (Å²) in [5.74, 6) is 3.54. The maximum absolute atomic E-state index is 9.06. The smallest absolute Gasteiger partial charge is 0.180 e. The van der Waals surface area contributed by atoms with Crippen molar-refractivity contribution in [3.05, 3.63) is 168 Å². The van der Waals surface area contributed by atoms with Gasteiger partial charge in [-0.05, 0) is 87.5 Å². The number of para-hydroxylation sites is 1. The van der Waals surface area contributed by atoms with Gasteiger partial charge in [0.15, 0.2) is 34.2 Å². The second-order valence-electron chi connectivity index (χ2n) is 13.2. The molecule has 0 bridgehead atoms. The van der Waals surface area contributed by atoms with Gasteiger partial charge in [0.1, 0.15) is 23.3 Å². The van der Waals surface area contributed by atoms with E-state index in [4.69, 9.17) is 41.5 Å². The molecule has 4 N–H and O–H groups in total. The molecule has 0 atom stereocenters. The van der Waals surface area contributed by atoms with Crippen molar-refractivity contribution in [2.24, 2.45) is 0 Å². The minimum Gasteiger partial charge on any atom is -0.453 e. The van der Waals surface area contributed by atoms with Crippen molar-refractivity contribution in [1.82, 2.24) is 28.2 Å². The molecule has 59 heavy (non-hydrogen) atoms. The molecular weight excluding hydrogens is 743 g/mol. The summed E-state index contributed by atoms with van der Waals surface area (Å²) in [7, 11) is 0. The van der Waals surface area contributed by atoms with Gasteiger partial charge in [-0.15, -0.1) is 0 Å². The number of imidazole rings is 3. The van der Waals surface area contributed by atoms with Crippen LogP contribution in [-0.4, -0.2) is 28.2 Å². The van der Waals surface area contributed by atoms with Gasteiger partial charge in [-0.2, -0.15) is 15.8 Å². The summed E-state index contributed by atoms with van der Waals surface area (Å²) in [6, 6.07) is 34.5. The Morgan fingerprint density at radius 2 is 1.02 bits per heavy atom. The third kappa shape index (κ3) is 9.03. The van der Waals surface area contributed by atoms with E-state index in [1.807, 2.05) is 83.0 Å². The number of nitriles is 3. The van der Waals surface area contributed by atoms with Gasteiger partial charge in [-0.25, -0.2) is 15.0 Å². The van der Waals surface area contributed by atoms with E-state index in [9.17, 15) is 0 Å². The first-order valence-electron chi connectivity index (χ1n) is 18.1. The molecule has 0 spiro atoms. The predicted octanol–water partition coefficient (Wildman–Crippen LogP) is 9.08. The molecule has 0 aliphatic rings. The molecule has 6 heterocycles. The van der Waals surface area contributed by atoms with Gasteiger partial charge in [0, 0.05) is 49.3 Å². The molecule has 0 aliphatic heterocycles. The van der Waals surface area contributed by atoms with Crippen LogP contribution in [0.2, 0.25) is 0 Å². The molecule has 0 aliphatic carbocycles. The van der Waals surface area contributed by atoms with Gasteiger partial charge in [0.2, 0.25) is 0 Å². The van der Waals surface area contributed by atoms with Gasteiger partial charge < -0.3 is 38.9 Å². The minimum atomic E-state index is 0.507. The molecule has 0 unspecified atom stereocenters. The summed E-state index contributed by atoms with van der Waals surface area (Å²) in [5, 5.41) is 26.7. The Balaban J connectivity index is 0.000000134. The Labute approximate surface area is 338 Å². The Morgan fingerprint density at radius 3 is 1.61 bits per heavy atom. The summed E-state index contributed by atoms with van der Waals surface area (Å²) >= 11 is 0. The monoisotopic (exact) mass is 777 g/mol. The first-order valence-corrected chi connectivity index (χ1v) is 18.1. The van der Waals surface area contributed by atoms with E-state index in [0.717, 1.165) is 22.7 Å². The lowest BCUT2D eigenvalue weighted by Crippen LogP contribution is -1.94. The van der Waals surface area contributed by atoms with Crippen LogP contribution in [0.5, 0.6) is 34.5 Å². The summed E-state index contributed by atoms with van der Waals surface area (Å²) in [5.41, 5.74) is 19.4. The van der Waals surface area contributed by atoms with Crippen LogP contribution in [0.1, 0.15) is 33.8 Å². The SMILES string of the molecule is Cc1cn2cc(N)cc(Oc3ccc(C#N)cc3)c2n1.Cc1cn2cc(N)cc(Oc3cccc(C#N)c3)c2n1.Cc1cn2cccc(Oc3ccccc3C#N)c2n1. The normalized spacial score (nSPS) is 10.4. The van der Waals surface area contributed by atoms with Crippen molar-refractivity contribution < 1.29 is 14.2 Å². The number of nitrogens with zero attached hydrogens (tertiary/aromatic N) is 9. The fraction of sp³-hybridized carbons (Fsp3) is 0.0667. The number of benzene rings is 3. The summed E-state index contributed by atoms with van der Waals surface area (Å²) in [4.78, 5) is 13.2. The maximum atomic E-state index is 9.06. The fourth-order valence-electron chi connectivity index (χ4n) is 6.01. The zero-order valence-corrected chi connectivity index (χ0v) is 32.1. The molecule has 9 rings (SSSR count). The lowest BCUT2D eigenvalue weighted by molar-refractivity contribution is 0.483. The van der Waals surface area contributed by atoms with Crippen molar-refractivity contribution in [2.45, 2.75) is 20.8 Å². The number of nitrogens with two attached hydrogens (primary N) is 2. The van der Waals surface area contributed by atoms with Gasteiger partial charge >= 0.3 is 0 Å². The van der Waals surface area contributed by atoms with E-state index in [1.165, 1.54) is 0 Å². The average Bonchev–Trinajstić information content (AvgIpc) is 3.93. The topological polar surface area (TPSA) is 203 Å². The molecule has 9 aromatic rings. The second kappa shape index (κ2) is 16.9. The van der Waals surface area contributed by atoms with Crippen LogP contribution < -0.4 is 25.7 Å². The van der Waals surface area contributed by atoms with Crippen LogP contribution in [0.3, 0.4) is 0 Å². The molecule has 0 radical (unpaired) electrons. The molecule has 14 nitrogen and oxygen atoms in total. The summed E-state index contributed by atoms with van der Waals surface area (Å²) in [6.07, 6.45) is 11.2. The molecule has 14 heteroatoms. The number of fused-ring (bicyclic) bond motifs is 3. The Morgan fingerprint density at radius 1 is 0.475 bits per heavy atom. The highest BCUT2D eigenvalue weighted by Crippen LogP contribution is 2.31. The molecular formula is C45H35N11O3. The highest BCUT2D eigenvalue weighted by Gasteiger charge is 2.12. The molecule has 0 fully saturated rings. The van der Waals surface area contributed by atoms with Crippen molar-refractivity contribution >= 4 is 28.3 Å². The third-order valence-electron chi connectivity index (χ3n) is 8.52. The van der Waals surface area contributed by atoms with E-state index < -0.39 is 0 Å². The van der Waals surface area contributed by atoms with E-state index in [2.05, 4.69) is 33.2 Å². The van der Waals surface area contributed by atoms with E-state index in [1.54, 1.807) is 85.2 Å². The number of pyridine rings is 3. The highest BCUT2D eigenvalue weighted by atomic mass is 16.5. The largest absolute Gasteiger partial charge is 0.453 e. The van der Waals surface area contributed by atoms with Crippen LogP contribution in [0.4, 0.5) is 11.4 Å². The average molecular weight is 778 g/mol. The number of rotatable bonds is 6. The molecule has 0 saturated heterocycles. The van der Waals surface area contributed by atoms with Crippen molar-refractivity contribution in [3.8, 4) is 52.7 Å². The first-order chi connectivity index (χ1) is 28.6. The number of ether oxygens (including phenoxy) is 3.